The SMILES string of the molecule is CC(=O)NC1(c2ccccc2)CCN(C[C@@H](O)c2ccc(F)cc2)CC1. The van der Waals surface area contributed by atoms with E-state index in [4.69, 9.17) is 0 Å². The van der Waals surface area contributed by atoms with Crippen LogP contribution in [0.5, 0.6) is 0 Å². The van der Waals surface area contributed by atoms with E-state index >= 15 is 0 Å². The first-order valence-corrected chi connectivity index (χ1v) is 8.99. The van der Waals surface area contributed by atoms with E-state index in [1.54, 1.807) is 19.1 Å². The maximum absolute atomic E-state index is 13.0. The van der Waals surface area contributed by atoms with Crippen molar-refractivity contribution in [3.05, 3.63) is 71.5 Å². The highest BCUT2D eigenvalue weighted by atomic mass is 19.1. The Morgan fingerprint density at radius 2 is 1.77 bits per heavy atom. The molecule has 0 radical (unpaired) electrons. The molecule has 1 heterocycles. The van der Waals surface area contributed by atoms with Crippen LogP contribution in [0.3, 0.4) is 0 Å². The van der Waals surface area contributed by atoms with Gasteiger partial charge in [-0.1, -0.05) is 42.5 Å². The summed E-state index contributed by atoms with van der Waals surface area (Å²) in [6, 6.07) is 16.0. The number of carbonyl (C=O) groups is 1. The lowest BCUT2D eigenvalue weighted by molar-refractivity contribution is -0.121. The van der Waals surface area contributed by atoms with Gasteiger partial charge in [0, 0.05) is 26.6 Å². The van der Waals surface area contributed by atoms with E-state index in [1.807, 2.05) is 18.2 Å². The average Bonchev–Trinajstić information content (AvgIpc) is 2.64. The Bertz CT molecular complexity index is 725. The number of aliphatic hydroxyl groups is 1. The van der Waals surface area contributed by atoms with Gasteiger partial charge in [-0.05, 0) is 36.1 Å². The predicted octanol–water partition coefficient (Wildman–Crippen LogP) is 2.99. The smallest absolute Gasteiger partial charge is 0.217 e. The summed E-state index contributed by atoms with van der Waals surface area (Å²) in [6.07, 6.45) is 0.917. The second kappa shape index (κ2) is 7.98. The van der Waals surface area contributed by atoms with Crippen LogP contribution in [0.2, 0.25) is 0 Å². The normalized spacial score (nSPS) is 18.3. The second-order valence-corrected chi connectivity index (χ2v) is 7.00. The summed E-state index contributed by atoms with van der Waals surface area (Å²) in [5.41, 5.74) is 1.48. The zero-order chi connectivity index (χ0) is 18.6. The number of likely N-dealkylation sites (tertiary alicyclic amines) is 1. The van der Waals surface area contributed by atoms with Crippen molar-refractivity contribution in [1.82, 2.24) is 10.2 Å². The van der Waals surface area contributed by atoms with Crippen LogP contribution in [-0.2, 0) is 10.3 Å². The summed E-state index contributed by atoms with van der Waals surface area (Å²) >= 11 is 0. The van der Waals surface area contributed by atoms with E-state index in [0.29, 0.717) is 12.1 Å². The van der Waals surface area contributed by atoms with Gasteiger partial charge in [-0.3, -0.25) is 4.79 Å². The lowest BCUT2D eigenvalue weighted by Crippen LogP contribution is -2.53. The molecular formula is C21H25FN2O2. The number of carbonyl (C=O) groups excluding carboxylic acids is 1. The molecule has 1 atom stereocenters. The largest absolute Gasteiger partial charge is 0.387 e. The first-order chi connectivity index (χ1) is 12.5. The van der Waals surface area contributed by atoms with Gasteiger partial charge in [-0.25, -0.2) is 4.39 Å². The fourth-order valence-electron chi connectivity index (χ4n) is 3.73. The quantitative estimate of drug-likeness (QED) is 0.866. The standard InChI is InChI=1S/C21H25FN2O2/c1-16(25)23-21(18-5-3-2-4-6-18)11-13-24(14-12-21)15-20(26)17-7-9-19(22)10-8-17/h2-10,20,26H,11-15H2,1H3,(H,23,25)/t20-/m1/s1. The molecule has 4 nitrogen and oxygen atoms in total. The topological polar surface area (TPSA) is 52.6 Å². The van der Waals surface area contributed by atoms with Gasteiger partial charge in [0.15, 0.2) is 0 Å². The Balaban J connectivity index is 1.66. The van der Waals surface area contributed by atoms with E-state index < -0.39 is 6.10 Å². The first kappa shape index (κ1) is 18.5. The fraction of sp³-hybridized carbons (Fsp3) is 0.381. The fourth-order valence-corrected chi connectivity index (χ4v) is 3.73. The second-order valence-electron chi connectivity index (χ2n) is 7.00. The number of rotatable bonds is 5. The van der Waals surface area contributed by atoms with Gasteiger partial charge in [0.1, 0.15) is 5.82 Å². The van der Waals surface area contributed by atoms with Crippen LogP contribution in [0.4, 0.5) is 4.39 Å². The molecule has 1 amide bonds. The number of benzene rings is 2. The molecule has 1 fully saturated rings. The number of amides is 1. The molecule has 0 aliphatic carbocycles. The highest BCUT2D eigenvalue weighted by molar-refractivity contribution is 5.74. The van der Waals surface area contributed by atoms with Crippen molar-refractivity contribution in [2.75, 3.05) is 19.6 Å². The van der Waals surface area contributed by atoms with Crippen LogP contribution in [0.1, 0.15) is 37.0 Å². The van der Waals surface area contributed by atoms with Gasteiger partial charge >= 0.3 is 0 Å². The Labute approximate surface area is 153 Å². The first-order valence-electron chi connectivity index (χ1n) is 8.99. The van der Waals surface area contributed by atoms with E-state index in [2.05, 4.69) is 22.3 Å². The van der Waals surface area contributed by atoms with E-state index in [-0.39, 0.29) is 17.3 Å². The Morgan fingerprint density at radius 1 is 1.15 bits per heavy atom. The minimum Gasteiger partial charge on any atom is -0.387 e. The van der Waals surface area contributed by atoms with Crippen molar-refractivity contribution in [2.45, 2.75) is 31.4 Å². The lowest BCUT2D eigenvalue weighted by atomic mass is 9.80. The Kier molecular flexibility index (Phi) is 5.69. The number of nitrogens with one attached hydrogen (secondary N) is 1. The third-order valence-electron chi connectivity index (χ3n) is 5.14. The third-order valence-corrected chi connectivity index (χ3v) is 5.14. The van der Waals surface area contributed by atoms with Gasteiger partial charge in [0.25, 0.3) is 0 Å². The highest BCUT2D eigenvalue weighted by Crippen LogP contribution is 2.33. The number of piperidine rings is 1. The molecule has 3 rings (SSSR count). The van der Waals surface area contributed by atoms with Crippen molar-refractivity contribution < 1.29 is 14.3 Å². The monoisotopic (exact) mass is 356 g/mol. The molecule has 0 aromatic heterocycles. The molecule has 138 valence electrons. The number of hydrogen-bond donors (Lipinski definition) is 2. The highest BCUT2D eigenvalue weighted by Gasteiger charge is 2.37. The zero-order valence-electron chi connectivity index (χ0n) is 15.0. The molecule has 0 saturated carbocycles. The van der Waals surface area contributed by atoms with Crippen molar-refractivity contribution in [3.8, 4) is 0 Å². The average molecular weight is 356 g/mol. The third kappa shape index (κ3) is 4.29. The molecular weight excluding hydrogens is 331 g/mol. The molecule has 1 aliphatic heterocycles. The minimum atomic E-state index is -0.652. The van der Waals surface area contributed by atoms with Crippen LogP contribution >= 0.6 is 0 Å². The summed E-state index contributed by atoms with van der Waals surface area (Å²) < 4.78 is 13.0. The molecule has 1 aliphatic rings. The summed E-state index contributed by atoms with van der Waals surface area (Å²) in [5, 5.41) is 13.6. The van der Waals surface area contributed by atoms with Crippen LogP contribution in [-0.4, -0.2) is 35.5 Å². The maximum Gasteiger partial charge on any atom is 0.217 e. The van der Waals surface area contributed by atoms with E-state index in [0.717, 1.165) is 31.5 Å². The zero-order valence-corrected chi connectivity index (χ0v) is 15.0. The van der Waals surface area contributed by atoms with Gasteiger partial charge < -0.3 is 15.3 Å². The van der Waals surface area contributed by atoms with Crippen molar-refractivity contribution >= 4 is 5.91 Å². The number of nitrogens with zero attached hydrogens (tertiary/aromatic N) is 1. The number of β-amino-alcohol motifs (C(OH)–C–C–N with tert-alkyl or cyclic N) is 1. The van der Waals surface area contributed by atoms with Crippen LogP contribution in [0, 0.1) is 5.82 Å². The summed E-state index contributed by atoms with van der Waals surface area (Å²) in [5.74, 6) is -0.337. The van der Waals surface area contributed by atoms with Gasteiger partial charge in [-0.15, -0.1) is 0 Å². The number of halogens is 1. The molecule has 1 saturated heterocycles. The van der Waals surface area contributed by atoms with Crippen molar-refractivity contribution in [3.63, 3.8) is 0 Å². The summed E-state index contributed by atoms with van der Waals surface area (Å²) in [6.45, 7) is 3.59. The van der Waals surface area contributed by atoms with Crippen LogP contribution in [0.25, 0.3) is 0 Å². The minimum absolute atomic E-state index is 0.0337. The molecule has 5 heteroatoms. The lowest BCUT2D eigenvalue weighted by Gasteiger charge is -2.43. The van der Waals surface area contributed by atoms with Gasteiger partial charge in [0.05, 0.1) is 11.6 Å². The number of aliphatic hydroxyl groups excluding tert-OH is 1. The molecule has 0 spiro atoms. The molecule has 26 heavy (non-hydrogen) atoms. The van der Waals surface area contributed by atoms with E-state index in [1.165, 1.54) is 12.1 Å². The van der Waals surface area contributed by atoms with Crippen molar-refractivity contribution in [2.24, 2.45) is 0 Å². The molecule has 0 bridgehead atoms. The molecule has 2 aromatic rings. The molecule has 2 N–H and O–H groups in total. The van der Waals surface area contributed by atoms with Gasteiger partial charge in [0.2, 0.25) is 5.91 Å². The van der Waals surface area contributed by atoms with Crippen LogP contribution in [0.15, 0.2) is 54.6 Å². The van der Waals surface area contributed by atoms with Crippen LogP contribution < -0.4 is 5.32 Å². The predicted molar refractivity (Wildman–Crippen MR) is 99.0 cm³/mol. The van der Waals surface area contributed by atoms with E-state index in [9.17, 15) is 14.3 Å². The Morgan fingerprint density at radius 3 is 2.35 bits per heavy atom. The Hall–Kier alpha value is -2.24. The molecule has 2 aromatic carbocycles. The molecule has 0 unspecified atom stereocenters. The summed E-state index contributed by atoms with van der Waals surface area (Å²) in [7, 11) is 0. The van der Waals surface area contributed by atoms with Gasteiger partial charge in [-0.2, -0.15) is 0 Å². The summed E-state index contributed by atoms with van der Waals surface area (Å²) in [4.78, 5) is 14.0. The van der Waals surface area contributed by atoms with Crippen molar-refractivity contribution in [1.29, 1.82) is 0 Å². The number of hydrogen-bond acceptors (Lipinski definition) is 3. The maximum atomic E-state index is 13.0.